The zero-order valence-electron chi connectivity index (χ0n) is 26.6. The number of rotatable bonds is 9. The number of likely N-dealkylation sites (N-methyl/N-ethyl adjacent to an activating group) is 1. The molecule has 9 nitrogen and oxygen atoms in total. The van der Waals surface area contributed by atoms with E-state index in [4.69, 9.17) is 4.74 Å². The minimum atomic E-state index is -5.14. The van der Waals surface area contributed by atoms with Gasteiger partial charge in [-0.15, -0.1) is 5.10 Å². The fourth-order valence-corrected chi connectivity index (χ4v) is 5.42. The highest BCUT2D eigenvalue weighted by Crippen LogP contribution is 2.46. The van der Waals surface area contributed by atoms with E-state index in [0.717, 1.165) is 23.0 Å². The number of nitrogens with zero attached hydrogens (tertiary/aromatic N) is 7. The second kappa shape index (κ2) is 13.8. The Morgan fingerprint density at radius 1 is 0.938 bits per heavy atom. The number of anilines is 2. The van der Waals surface area contributed by atoms with E-state index in [1.54, 1.807) is 39.8 Å². The number of amides is 1. The molecule has 264 valence electrons. The quantitative estimate of drug-likeness (QED) is 0.214. The molecule has 1 aliphatic rings. The lowest BCUT2D eigenvalue weighted by atomic mass is 9.87. The Morgan fingerprint density at radius 3 is 2.06 bits per heavy atom. The maximum absolute atomic E-state index is 14.0. The monoisotopic (exact) mass is 695 g/mol. The van der Waals surface area contributed by atoms with E-state index < -0.39 is 71.6 Å². The van der Waals surface area contributed by atoms with Crippen LogP contribution in [0.25, 0.3) is 0 Å². The van der Waals surface area contributed by atoms with Gasteiger partial charge in [-0.2, -0.15) is 44.3 Å². The van der Waals surface area contributed by atoms with Gasteiger partial charge in [0.1, 0.15) is 0 Å². The average Bonchev–Trinajstić information content (AvgIpc) is 3.44. The summed E-state index contributed by atoms with van der Waals surface area (Å²) in [7, 11) is 3.54. The predicted octanol–water partition coefficient (Wildman–Crippen LogP) is 7.57. The van der Waals surface area contributed by atoms with Crippen LogP contribution in [-0.4, -0.2) is 64.0 Å². The van der Waals surface area contributed by atoms with Gasteiger partial charge in [-0.1, -0.05) is 12.0 Å². The number of hydrogen-bond acceptors (Lipinski definition) is 7. The standard InChI is InChI=1S/C30H34F9N7O2/c1-6-22-15-25(23-14-19(28(31,32)33)7-8-24(23)46(22)27(47)48-17(2)3)44(26-40-42-45(41-26)10-9-43(4)5)16-18-11-20(29(34,35)36)13-21(12-18)30(37,38)39/h7-8,11-14,17,22,25H,6,9-10,15-16H2,1-5H3/t22-,25+/m1/s1. The van der Waals surface area contributed by atoms with Crippen LogP contribution in [0.4, 0.5) is 55.9 Å². The molecule has 18 heteroatoms. The summed E-state index contributed by atoms with van der Waals surface area (Å²) < 4.78 is 130. The van der Waals surface area contributed by atoms with E-state index in [1.165, 1.54) is 9.80 Å². The summed E-state index contributed by atoms with van der Waals surface area (Å²) in [6, 6.07) is 1.89. The molecule has 0 N–H and O–H groups in total. The highest BCUT2D eigenvalue weighted by atomic mass is 19.4. The fourth-order valence-electron chi connectivity index (χ4n) is 5.42. The minimum absolute atomic E-state index is 0.0134. The van der Waals surface area contributed by atoms with Crippen molar-refractivity contribution in [1.29, 1.82) is 0 Å². The average molecular weight is 696 g/mol. The molecule has 3 aromatic rings. The summed E-state index contributed by atoms with van der Waals surface area (Å²) in [6.45, 7) is 4.85. The molecule has 0 saturated carbocycles. The molecular formula is C30H34F9N7O2. The van der Waals surface area contributed by atoms with E-state index in [2.05, 4.69) is 15.4 Å². The zero-order chi connectivity index (χ0) is 35.8. The Kier molecular flexibility index (Phi) is 10.6. The van der Waals surface area contributed by atoms with Crippen molar-refractivity contribution < 1.29 is 49.0 Å². The van der Waals surface area contributed by atoms with Crippen LogP contribution in [0.15, 0.2) is 36.4 Å². The van der Waals surface area contributed by atoms with Gasteiger partial charge in [-0.3, -0.25) is 4.90 Å². The van der Waals surface area contributed by atoms with Crippen LogP contribution in [0.5, 0.6) is 0 Å². The van der Waals surface area contributed by atoms with Gasteiger partial charge in [0.25, 0.3) is 5.95 Å². The lowest BCUT2D eigenvalue weighted by Gasteiger charge is -2.44. The van der Waals surface area contributed by atoms with Crippen molar-refractivity contribution in [2.75, 3.05) is 30.4 Å². The minimum Gasteiger partial charge on any atom is -0.446 e. The molecule has 0 unspecified atom stereocenters. The molecule has 2 atom stereocenters. The number of halogens is 9. The highest BCUT2D eigenvalue weighted by Gasteiger charge is 2.43. The van der Waals surface area contributed by atoms with E-state index in [9.17, 15) is 44.3 Å². The number of carbonyl (C=O) groups excluding carboxylic acids is 1. The number of tetrazole rings is 1. The first-order chi connectivity index (χ1) is 22.2. The van der Waals surface area contributed by atoms with Crippen molar-refractivity contribution in [3.8, 4) is 0 Å². The number of hydrogen-bond donors (Lipinski definition) is 0. The van der Waals surface area contributed by atoms with Crippen molar-refractivity contribution in [3.63, 3.8) is 0 Å². The van der Waals surface area contributed by atoms with Gasteiger partial charge in [0, 0.05) is 19.1 Å². The first-order valence-corrected chi connectivity index (χ1v) is 14.9. The summed E-state index contributed by atoms with van der Waals surface area (Å²) in [5.74, 6) is -0.249. The molecule has 0 bridgehead atoms. The predicted molar refractivity (Wildman–Crippen MR) is 156 cm³/mol. The van der Waals surface area contributed by atoms with Crippen LogP contribution < -0.4 is 9.80 Å². The maximum Gasteiger partial charge on any atom is 0.416 e. The highest BCUT2D eigenvalue weighted by molar-refractivity contribution is 5.90. The van der Waals surface area contributed by atoms with Crippen LogP contribution in [0.3, 0.4) is 0 Å². The van der Waals surface area contributed by atoms with Gasteiger partial charge in [0.2, 0.25) is 0 Å². The smallest absolute Gasteiger partial charge is 0.416 e. The Balaban J connectivity index is 1.94. The SMILES string of the molecule is CC[C@@H]1C[C@H](N(Cc2cc(C(F)(F)F)cc(C(F)(F)F)c2)c2nnn(CCN(C)C)n2)c2cc(C(F)(F)F)ccc2N1C(=O)OC(C)C. The molecule has 1 aliphatic heterocycles. The third-order valence-electron chi connectivity index (χ3n) is 7.66. The molecule has 48 heavy (non-hydrogen) atoms. The number of benzene rings is 2. The molecule has 2 heterocycles. The van der Waals surface area contributed by atoms with E-state index in [-0.39, 0.29) is 42.7 Å². The summed E-state index contributed by atoms with van der Waals surface area (Å²) in [5.41, 5.74) is -4.71. The molecule has 0 aliphatic carbocycles. The second-order valence-corrected chi connectivity index (χ2v) is 11.9. The van der Waals surface area contributed by atoms with Crippen LogP contribution in [0, 0.1) is 0 Å². The van der Waals surface area contributed by atoms with Gasteiger partial charge in [-0.05, 0) is 93.5 Å². The van der Waals surface area contributed by atoms with Gasteiger partial charge in [-0.25, -0.2) is 4.79 Å². The van der Waals surface area contributed by atoms with Crippen LogP contribution >= 0.6 is 0 Å². The number of carbonyl (C=O) groups is 1. The number of alkyl halides is 9. The van der Waals surface area contributed by atoms with Gasteiger partial charge >= 0.3 is 24.6 Å². The number of aromatic nitrogens is 4. The van der Waals surface area contributed by atoms with Crippen molar-refractivity contribution in [1.82, 2.24) is 25.1 Å². The Labute approximate surface area is 270 Å². The van der Waals surface area contributed by atoms with Crippen LogP contribution in [0.2, 0.25) is 0 Å². The van der Waals surface area contributed by atoms with E-state index in [0.29, 0.717) is 18.7 Å². The van der Waals surface area contributed by atoms with E-state index in [1.807, 2.05) is 0 Å². The first-order valence-electron chi connectivity index (χ1n) is 14.9. The van der Waals surface area contributed by atoms with Crippen molar-refractivity contribution in [2.45, 2.75) is 83.4 Å². The van der Waals surface area contributed by atoms with Gasteiger partial charge in [0.15, 0.2) is 0 Å². The van der Waals surface area contributed by atoms with Gasteiger partial charge < -0.3 is 14.5 Å². The molecule has 0 fully saturated rings. The molecule has 2 aromatic carbocycles. The fraction of sp³-hybridized carbons (Fsp3) is 0.533. The van der Waals surface area contributed by atoms with Gasteiger partial charge in [0.05, 0.1) is 41.1 Å². The first kappa shape index (κ1) is 36.7. The summed E-state index contributed by atoms with van der Waals surface area (Å²) in [4.78, 5) is 18.7. The molecular weight excluding hydrogens is 661 g/mol. The molecule has 0 spiro atoms. The zero-order valence-corrected chi connectivity index (χ0v) is 26.6. The Morgan fingerprint density at radius 2 is 1.54 bits per heavy atom. The van der Waals surface area contributed by atoms with Crippen LogP contribution in [0.1, 0.15) is 67.5 Å². The number of ether oxygens (including phenoxy) is 1. The third-order valence-corrected chi connectivity index (χ3v) is 7.66. The lowest BCUT2D eigenvalue weighted by Crippen LogP contribution is -2.48. The normalized spacial score (nSPS) is 17.2. The topological polar surface area (TPSA) is 79.6 Å². The molecule has 0 radical (unpaired) electrons. The largest absolute Gasteiger partial charge is 0.446 e. The second-order valence-electron chi connectivity index (χ2n) is 11.9. The van der Waals surface area contributed by atoms with Crippen molar-refractivity contribution >= 4 is 17.7 Å². The van der Waals surface area contributed by atoms with Crippen molar-refractivity contribution in [3.05, 3.63) is 64.2 Å². The molecule has 0 saturated heterocycles. The third kappa shape index (κ3) is 8.49. The molecule has 1 amide bonds. The molecule has 1 aromatic heterocycles. The van der Waals surface area contributed by atoms with E-state index >= 15 is 0 Å². The summed E-state index contributed by atoms with van der Waals surface area (Å²) >= 11 is 0. The maximum atomic E-state index is 14.0. The lowest BCUT2D eigenvalue weighted by molar-refractivity contribution is -0.143. The summed E-state index contributed by atoms with van der Waals surface area (Å²) in [6.07, 6.45) is -16.4. The Hall–Kier alpha value is -4.09. The van der Waals surface area contributed by atoms with Crippen LogP contribution in [-0.2, 0) is 36.4 Å². The van der Waals surface area contributed by atoms with Crippen molar-refractivity contribution in [2.24, 2.45) is 0 Å². The number of fused-ring (bicyclic) bond motifs is 1. The summed E-state index contributed by atoms with van der Waals surface area (Å²) in [5, 5.41) is 12.3. The Bertz CT molecular complexity index is 1550. The molecule has 4 rings (SSSR count).